The average molecular weight is 322 g/mol. The number of piperazine rings is 1. The highest BCUT2D eigenvalue weighted by Crippen LogP contribution is 2.25. The second-order valence-corrected chi connectivity index (χ2v) is 5.57. The van der Waals surface area contributed by atoms with Crippen LogP contribution in [0.5, 0.6) is 5.75 Å². The van der Waals surface area contributed by atoms with Gasteiger partial charge < -0.3 is 14.5 Å². The fourth-order valence-electron chi connectivity index (χ4n) is 2.62. The van der Waals surface area contributed by atoms with Crippen molar-refractivity contribution in [1.29, 1.82) is 0 Å². The molecule has 0 N–H and O–H groups in total. The van der Waals surface area contributed by atoms with Gasteiger partial charge in [-0.1, -0.05) is 17.7 Å². The van der Waals surface area contributed by atoms with Crippen LogP contribution in [0.1, 0.15) is 0 Å². The molecule has 0 bridgehead atoms. The Bertz CT molecular complexity index is 660. The SMILES string of the molecule is COc1cccc(N2CCN(c3ncc(Cl)cc3F)CC2)c1. The summed E-state index contributed by atoms with van der Waals surface area (Å²) in [6.45, 7) is 3.03. The number of aromatic nitrogens is 1. The van der Waals surface area contributed by atoms with Crippen molar-refractivity contribution in [3.8, 4) is 5.75 Å². The Morgan fingerprint density at radius 2 is 1.86 bits per heavy atom. The van der Waals surface area contributed by atoms with Crippen LogP contribution in [0.15, 0.2) is 36.5 Å². The molecular weight excluding hydrogens is 305 g/mol. The van der Waals surface area contributed by atoms with Gasteiger partial charge in [0.2, 0.25) is 0 Å². The summed E-state index contributed by atoms with van der Waals surface area (Å²) in [5, 5.41) is 0.316. The first kappa shape index (κ1) is 14.9. The minimum Gasteiger partial charge on any atom is -0.497 e. The summed E-state index contributed by atoms with van der Waals surface area (Å²) >= 11 is 5.75. The van der Waals surface area contributed by atoms with E-state index < -0.39 is 0 Å². The van der Waals surface area contributed by atoms with E-state index >= 15 is 0 Å². The van der Waals surface area contributed by atoms with Crippen molar-refractivity contribution in [1.82, 2.24) is 4.98 Å². The predicted octanol–water partition coefficient (Wildman–Crippen LogP) is 3.21. The van der Waals surface area contributed by atoms with Gasteiger partial charge in [0.15, 0.2) is 11.6 Å². The van der Waals surface area contributed by atoms with Crippen LogP contribution >= 0.6 is 11.6 Å². The first-order valence-corrected chi connectivity index (χ1v) is 7.50. The minimum atomic E-state index is -0.373. The second kappa shape index (κ2) is 6.40. The first-order chi connectivity index (χ1) is 10.7. The monoisotopic (exact) mass is 321 g/mol. The molecule has 1 aliphatic heterocycles. The van der Waals surface area contributed by atoms with E-state index in [1.165, 1.54) is 12.3 Å². The molecule has 1 aromatic heterocycles. The van der Waals surface area contributed by atoms with Crippen molar-refractivity contribution in [3.63, 3.8) is 0 Å². The third-order valence-corrected chi connectivity index (χ3v) is 3.99. The molecule has 2 aromatic rings. The molecule has 0 atom stereocenters. The molecule has 0 saturated carbocycles. The van der Waals surface area contributed by atoms with E-state index in [9.17, 15) is 4.39 Å². The Labute approximate surface area is 134 Å². The number of ether oxygens (including phenoxy) is 1. The topological polar surface area (TPSA) is 28.6 Å². The van der Waals surface area contributed by atoms with Crippen LogP contribution < -0.4 is 14.5 Å². The van der Waals surface area contributed by atoms with E-state index in [0.717, 1.165) is 24.5 Å². The molecule has 0 aliphatic carbocycles. The zero-order valence-corrected chi connectivity index (χ0v) is 13.1. The molecule has 1 aliphatic rings. The fraction of sp³-hybridized carbons (Fsp3) is 0.312. The van der Waals surface area contributed by atoms with Crippen LogP contribution in [-0.2, 0) is 0 Å². The van der Waals surface area contributed by atoms with E-state index in [1.807, 2.05) is 23.1 Å². The Kier molecular flexibility index (Phi) is 4.34. The Morgan fingerprint density at radius 3 is 2.55 bits per heavy atom. The van der Waals surface area contributed by atoms with Crippen molar-refractivity contribution in [3.05, 3.63) is 47.4 Å². The molecular formula is C16H17ClFN3O. The van der Waals surface area contributed by atoms with Crippen molar-refractivity contribution < 1.29 is 9.13 Å². The number of rotatable bonds is 3. The molecule has 4 nitrogen and oxygen atoms in total. The number of halogens is 2. The lowest BCUT2D eigenvalue weighted by molar-refractivity contribution is 0.414. The number of pyridine rings is 1. The van der Waals surface area contributed by atoms with Crippen LogP contribution in [0, 0.1) is 5.82 Å². The minimum absolute atomic E-state index is 0.316. The molecule has 0 radical (unpaired) electrons. The summed E-state index contributed by atoms with van der Waals surface area (Å²) in [5.74, 6) is 0.836. The molecule has 0 spiro atoms. The largest absolute Gasteiger partial charge is 0.497 e. The summed E-state index contributed by atoms with van der Waals surface area (Å²) in [4.78, 5) is 8.31. The van der Waals surface area contributed by atoms with Crippen molar-refractivity contribution >= 4 is 23.1 Å². The standard InChI is InChI=1S/C16H17ClFN3O/c1-22-14-4-2-3-13(10-14)20-5-7-21(8-6-20)16-15(18)9-12(17)11-19-16/h2-4,9-11H,5-8H2,1H3. The van der Waals surface area contributed by atoms with Gasteiger partial charge in [0.05, 0.1) is 12.1 Å². The van der Waals surface area contributed by atoms with Gasteiger partial charge in [0.1, 0.15) is 5.75 Å². The lowest BCUT2D eigenvalue weighted by Crippen LogP contribution is -2.47. The van der Waals surface area contributed by atoms with E-state index in [4.69, 9.17) is 16.3 Å². The third kappa shape index (κ3) is 3.09. The van der Waals surface area contributed by atoms with Gasteiger partial charge in [-0.3, -0.25) is 0 Å². The maximum atomic E-state index is 13.9. The molecule has 6 heteroatoms. The van der Waals surface area contributed by atoms with Crippen LogP contribution in [0.4, 0.5) is 15.9 Å². The fourth-order valence-corrected chi connectivity index (χ4v) is 2.77. The van der Waals surface area contributed by atoms with Crippen molar-refractivity contribution in [2.75, 3.05) is 43.1 Å². The maximum absolute atomic E-state index is 13.9. The number of hydrogen-bond donors (Lipinski definition) is 0. The summed E-state index contributed by atoms with van der Waals surface area (Å²) in [6, 6.07) is 9.27. The molecule has 1 aromatic carbocycles. The highest BCUT2D eigenvalue weighted by molar-refractivity contribution is 6.30. The number of anilines is 2. The molecule has 1 fully saturated rings. The summed E-state index contributed by atoms with van der Waals surface area (Å²) < 4.78 is 19.2. The summed E-state index contributed by atoms with van der Waals surface area (Å²) in [6.07, 6.45) is 1.48. The van der Waals surface area contributed by atoms with E-state index in [0.29, 0.717) is 23.9 Å². The van der Waals surface area contributed by atoms with Gasteiger partial charge >= 0.3 is 0 Å². The number of methoxy groups -OCH3 is 1. The van der Waals surface area contributed by atoms with Crippen LogP contribution in [0.25, 0.3) is 0 Å². The quantitative estimate of drug-likeness (QED) is 0.868. The lowest BCUT2D eigenvalue weighted by atomic mass is 10.2. The molecule has 3 rings (SSSR count). The van der Waals surface area contributed by atoms with E-state index in [2.05, 4.69) is 16.0 Å². The van der Waals surface area contributed by atoms with Gasteiger partial charge in [-0.05, 0) is 18.2 Å². The second-order valence-electron chi connectivity index (χ2n) is 5.13. The number of nitrogens with zero attached hydrogens (tertiary/aromatic N) is 3. The Hall–Kier alpha value is -2.01. The molecule has 0 unspecified atom stereocenters. The average Bonchev–Trinajstić information content (AvgIpc) is 2.55. The number of hydrogen-bond acceptors (Lipinski definition) is 4. The Balaban J connectivity index is 1.69. The lowest BCUT2D eigenvalue weighted by Gasteiger charge is -2.36. The van der Waals surface area contributed by atoms with Crippen LogP contribution in [0.2, 0.25) is 5.02 Å². The van der Waals surface area contributed by atoms with Crippen molar-refractivity contribution in [2.45, 2.75) is 0 Å². The Morgan fingerprint density at radius 1 is 1.14 bits per heavy atom. The third-order valence-electron chi connectivity index (χ3n) is 3.79. The number of benzene rings is 1. The molecule has 0 amide bonds. The van der Waals surface area contributed by atoms with Gasteiger partial charge in [0.25, 0.3) is 0 Å². The molecule has 116 valence electrons. The van der Waals surface area contributed by atoms with Gasteiger partial charge in [-0.15, -0.1) is 0 Å². The molecule has 2 heterocycles. The van der Waals surface area contributed by atoms with Gasteiger partial charge in [-0.25, -0.2) is 9.37 Å². The smallest absolute Gasteiger partial charge is 0.167 e. The molecule has 1 saturated heterocycles. The van der Waals surface area contributed by atoms with Gasteiger partial charge in [0, 0.05) is 44.1 Å². The van der Waals surface area contributed by atoms with Crippen LogP contribution in [0.3, 0.4) is 0 Å². The van der Waals surface area contributed by atoms with E-state index in [1.54, 1.807) is 7.11 Å². The molecule has 22 heavy (non-hydrogen) atoms. The van der Waals surface area contributed by atoms with Crippen molar-refractivity contribution in [2.24, 2.45) is 0 Å². The summed E-state index contributed by atoms with van der Waals surface area (Å²) in [5.41, 5.74) is 1.11. The first-order valence-electron chi connectivity index (χ1n) is 7.12. The van der Waals surface area contributed by atoms with E-state index in [-0.39, 0.29) is 5.82 Å². The zero-order chi connectivity index (χ0) is 15.5. The normalized spacial score (nSPS) is 15.0. The highest BCUT2D eigenvalue weighted by atomic mass is 35.5. The highest BCUT2D eigenvalue weighted by Gasteiger charge is 2.21. The maximum Gasteiger partial charge on any atom is 0.167 e. The predicted molar refractivity (Wildman–Crippen MR) is 86.6 cm³/mol. The van der Waals surface area contributed by atoms with Gasteiger partial charge in [-0.2, -0.15) is 0 Å². The summed E-state index contributed by atoms with van der Waals surface area (Å²) in [7, 11) is 1.66. The zero-order valence-electron chi connectivity index (χ0n) is 12.3. The van der Waals surface area contributed by atoms with Crippen LogP contribution in [-0.4, -0.2) is 38.3 Å².